The maximum absolute atomic E-state index is 12.7. The molecule has 0 saturated carbocycles. The van der Waals surface area contributed by atoms with Gasteiger partial charge in [-0.1, -0.05) is 43.7 Å². The van der Waals surface area contributed by atoms with E-state index in [4.69, 9.17) is 9.84 Å². The molecular weight excluding hydrogens is 306 g/mol. The van der Waals surface area contributed by atoms with Gasteiger partial charge in [-0.05, 0) is 24.8 Å². The highest BCUT2D eigenvalue weighted by atomic mass is 16.6. The second kappa shape index (κ2) is 9.42. The molecule has 0 spiro atoms. The van der Waals surface area contributed by atoms with Crippen LogP contribution in [0.4, 0.5) is 4.79 Å². The molecule has 24 heavy (non-hydrogen) atoms. The summed E-state index contributed by atoms with van der Waals surface area (Å²) in [7, 11) is 0. The number of hydrogen-bond acceptors (Lipinski definition) is 4. The monoisotopic (exact) mass is 333 g/mol. The first-order valence-corrected chi connectivity index (χ1v) is 8.77. The molecule has 132 valence electrons. The minimum atomic E-state index is -0.354. The smallest absolute Gasteiger partial charge is 0.410 e. The zero-order chi connectivity index (χ0) is 17.4. The first kappa shape index (κ1) is 18.5. The average Bonchev–Trinajstić information content (AvgIpc) is 2.58. The van der Waals surface area contributed by atoms with Gasteiger partial charge in [0.05, 0.1) is 0 Å². The zero-order valence-corrected chi connectivity index (χ0v) is 14.3. The fourth-order valence-corrected chi connectivity index (χ4v) is 3.34. The molecule has 0 aromatic heterocycles. The number of likely N-dealkylation sites (tertiary alicyclic amines) is 1. The molecule has 1 aliphatic heterocycles. The minimum Gasteiger partial charge on any atom is -0.445 e. The molecule has 1 amide bonds. The molecule has 1 fully saturated rings. The summed E-state index contributed by atoms with van der Waals surface area (Å²) in [5, 5.41) is 9.09. The lowest BCUT2D eigenvalue weighted by Crippen LogP contribution is -2.52. The van der Waals surface area contributed by atoms with Gasteiger partial charge in [-0.2, -0.15) is 0 Å². The lowest BCUT2D eigenvalue weighted by Gasteiger charge is -2.40. The lowest BCUT2D eigenvalue weighted by atomic mass is 9.90. The van der Waals surface area contributed by atoms with Crippen LogP contribution in [-0.2, 0) is 16.1 Å². The van der Waals surface area contributed by atoms with Crippen LogP contribution in [0, 0.1) is 0 Å². The number of rotatable bonds is 7. The maximum Gasteiger partial charge on any atom is 0.410 e. The Bertz CT molecular complexity index is 531. The summed E-state index contributed by atoms with van der Waals surface area (Å²) in [6, 6.07) is 9.31. The molecule has 0 unspecified atom stereocenters. The van der Waals surface area contributed by atoms with Crippen molar-refractivity contribution >= 4 is 11.9 Å². The lowest BCUT2D eigenvalue weighted by molar-refractivity contribution is -0.125. The van der Waals surface area contributed by atoms with E-state index in [1.54, 1.807) is 4.90 Å². The summed E-state index contributed by atoms with van der Waals surface area (Å²) in [5.74, 6) is 0.198. The van der Waals surface area contributed by atoms with Gasteiger partial charge in [0.25, 0.3) is 0 Å². The van der Waals surface area contributed by atoms with Crippen molar-refractivity contribution in [1.82, 2.24) is 4.90 Å². The summed E-state index contributed by atoms with van der Waals surface area (Å²) in [5.41, 5.74) is 0.942. The van der Waals surface area contributed by atoms with E-state index in [1.165, 1.54) is 0 Å². The summed E-state index contributed by atoms with van der Waals surface area (Å²) in [6.07, 6.45) is 3.33. The number of carbonyl (C=O) groups excluding carboxylic acids is 2. The van der Waals surface area contributed by atoms with Crippen LogP contribution in [0.1, 0.15) is 51.0 Å². The van der Waals surface area contributed by atoms with Gasteiger partial charge in [0.2, 0.25) is 0 Å². The number of amides is 1. The number of aliphatic hydroxyl groups is 1. The Labute approximate surface area is 143 Å². The Balaban J connectivity index is 2.06. The van der Waals surface area contributed by atoms with E-state index in [2.05, 4.69) is 6.92 Å². The third-order valence-electron chi connectivity index (χ3n) is 4.45. The molecule has 1 aromatic rings. The summed E-state index contributed by atoms with van der Waals surface area (Å²) >= 11 is 0. The number of nitrogens with zero attached hydrogens (tertiary/aromatic N) is 1. The van der Waals surface area contributed by atoms with Gasteiger partial charge in [0.1, 0.15) is 12.4 Å². The quantitative estimate of drug-likeness (QED) is 0.831. The van der Waals surface area contributed by atoms with Crippen molar-refractivity contribution in [3.8, 4) is 0 Å². The highest BCUT2D eigenvalue weighted by molar-refractivity contribution is 5.83. The van der Waals surface area contributed by atoms with Crippen LogP contribution in [-0.4, -0.2) is 40.6 Å². The third-order valence-corrected chi connectivity index (χ3v) is 4.45. The van der Waals surface area contributed by atoms with Gasteiger partial charge in [-0.25, -0.2) is 4.79 Å². The van der Waals surface area contributed by atoms with Crippen molar-refractivity contribution in [2.45, 2.75) is 64.1 Å². The van der Waals surface area contributed by atoms with Gasteiger partial charge in [0, 0.05) is 31.5 Å². The number of piperidine rings is 1. The van der Waals surface area contributed by atoms with Crippen molar-refractivity contribution in [1.29, 1.82) is 0 Å². The van der Waals surface area contributed by atoms with Gasteiger partial charge in [-0.15, -0.1) is 0 Å². The largest absolute Gasteiger partial charge is 0.445 e. The molecule has 2 atom stereocenters. The van der Waals surface area contributed by atoms with Crippen LogP contribution in [0.5, 0.6) is 0 Å². The zero-order valence-electron chi connectivity index (χ0n) is 14.3. The van der Waals surface area contributed by atoms with E-state index < -0.39 is 0 Å². The van der Waals surface area contributed by atoms with Crippen LogP contribution in [0.2, 0.25) is 0 Å². The van der Waals surface area contributed by atoms with Crippen molar-refractivity contribution in [2.24, 2.45) is 0 Å². The fourth-order valence-electron chi connectivity index (χ4n) is 3.34. The number of carbonyl (C=O) groups is 2. The standard InChI is InChI=1S/C19H27NO4/c1-2-7-16-12-18(22)13-17(10-6-11-21)20(16)19(23)24-14-15-8-4-3-5-9-15/h3-5,8-9,16-17,21H,2,6-7,10-14H2,1H3/t16-,17+/m0/s1. The molecule has 0 bridgehead atoms. The molecule has 2 rings (SSSR count). The van der Waals surface area contributed by atoms with Gasteiger partial charge >= 0.3 is 6.09 Å². The molecule has 1 N–H and O–H groups in total. The van der Waals surface area contributed by atoms with Crippen molar-refractivity contribution in [3.63, 3.8) is 0 Å². The maximum atomic E-state index is 12.7. The molecule has 5 heteroatoms. The van der Waals surface area contributed by atoms with Gasteiger partial charge in [-0.3, -0.25) is 4.79 Å². The van der Waals surface area contributed by atoms with E-state index in [1.807, 2.05) is 30.3 Å². The predicted octanol–water partition coefficient (Wildman–Crippen LogP) is 3.30. The predicted molar refractivity (Wildman–Crippen MR) is 91.5 cm³/mol. The highest BCUT2D eigenvalue weighted by Gasteiger charge is 2.37. The molecule has 1 aromatic carbocycles. The molecule has 5 nitrogen and oxygen atoms in total. The summed E-state index contributed by atoms with van der Waals surface area (Å²) in [6.45, 7) is 2.35. The Morgan fingerprint density at radius 2 is 1.88 bits per heavy atom. The first-order valence-electron chi connectivity index (χ1n) is 8.77. The molecule has 1 aliphatic rings. The SMILES string of the molecule is CCC[C@H]1CC(=O)C[C@@H](CCCO)N1C(=O)OCc1ccccc1. The molecule has 0 radical (unpaired) electrons. The second-order valence-corrected chi connectivity index (χ2v) is 6.36. The van der Waals surface area contributed by atoms with E-state index in [9.17, 15) is 9.59 Å². The van der Waals surface area contributed by atoms with Crippen LogP contribution >= 0.6 is 0 Å². The van der Waals surface area contributed by atoms with Gasteiger partial charge < -0.3 is 14.7 Å². The first-order chi connectivity index (χ1) is 11.7. The van der Waals surface area contributed by atoms with Crippen molar-refractivity contribution in [3.05, 3.63) is 35.9 Å². The van der Waals surface area contributed by atoms with Crippen molar-refractivity contribution in [2.75, 3.05) is 6.61 Å². The normalized spacial score (nSPS) is 20.9. The number of hydrogen-bond donors (Lipinski definition) is 1. The Morgan fingerprint density at radius 3 is 2.50 bits per heavy atom. The van der Waals surface area contributed by atoms with Crippen LogP contribution in [0.25, 0.3) is 0 Å². The van der Waals surface area contributed by atoms with E-state index in [-0.39, 0.29) is 37.2 Å². The highest BCUT2D eigenvalue weighted by Crippen LogP contribution is 2.27. The molecule has 1 heterocycles. The van der Waals surface area contributed by atoms with Crippen molar-refractivity contribution < 1.29 is 19.4 Å². The molecular formula is C19H27NO4. The van der Waals surface area contributed by atoms with Crippen LogP contribution < -0.4 is 0 Å². The fraction of sp³-hybridized carbons (Fsp3) is 0.579. The van der Waals surface area contributed by atoms with E-state index >= 15 is 0 Å². The van der Waals surface area contributed by atoms with Crippen LogP contribution in [0.15, 0.2) is 30.3 Å². The van der Waals surface area contributed by atoms with Gasteiger partial charge in [0.15, 0.2) is 0 Å². The third kappa shape index (κ3) is 5.06. The summed E-state index contributed by atoms with van der Waals surface area (Å²) < 4.78 is 5.50. The Kier molecular flexibility index (Phi) is 7.25. The minimum absolute atomic E-state index is 0.0655. The Morgan fingerprint density at radius 1 is 1.21 bits per heavy atom. The van der Waals surface area contributed by atoms with E-state index in [0.29, 0.717) is 25.7 Å². The Hall–Kier alpha value is -1.88. The topological polar surface area (TPSA) is 66.8 Å². The average molecular weight is 333 g/mol. The number of benzene rings is 1. The molecule has 0 aliphatic carbocycles. The number of ether oxygens (including phenoxy) is 1. The number of aliphatic hydroxyl groups excluding tert-OH is 1. The number of ketones is 1. The second-order valence-electron chi connectivity index (χ2n) is 6.36. The summed E-state index contributed by atoms with van der Waals surface area (Å²) in [4.78, 5) is 26.4. The van der Waals surface area contributed by atoms with Crippen LogP contribution in [0.3, 0.4) is 0 Å². The molecule has 1 saturated heterocycles. The number of Topliss-reactive ketones (excluding diaryl/α,β-unsaturated/α-hetero) is 1. The van der Waals surface area contributed by atoms with E-state index in [0.717, 1.165) is 18.4 Å².